The van der Waals surface area contributed by atoms with Crippen molar-refractivity contribution in [2.75, 3.05) is 5.01 Å². The summed E-state index contributed by atoms with van der Waals surface area (Å²) >= 11 is 0. The Kier molecular flexibility index (Phi) is 2.06. The maximum absolute atomic E-state index is 12.1. The number of carbonyl (C=O) groups is 1. The Labute approximate surface area is 94.8 Å². The second-order valence-electron chi connectivity index (χ2n) is 4.52. The standard InChI is InChI=1S/C13H14N2O/c1-9-5-7-10(8-6-9)15-13(16)11-3-2-4-12(11)14-15/h5-8,11H,2-4H2,1H3. The first-order valence-electron chi connectivity index (χ1n) is 5.74. The van der Waals surface area contributed by atoms with Gasteiger partial charge in [-0.05, 0) is 38.3 Å². The third-order valence-electron chi connectivity index (χ3n) is 3.34. The predicted molar refractivity (Wildman–Crippen MR) is 63.4 cm³/mol. The van der Waals surface area contributed by atoms with Crippen LogP contribution in [0.25, 0.3) is 0 Å². The van der Waals surface area contributed by atoms with Gasteiger partial charge in [0.2, 0.25) is 0 Å². The van der Waals surface area contributed by atoms with Crippen molar-refractivity contribution in [1.82, 2.24) is 0 Å². The van der Waals surface area contributed by atoms with Gasteiger partial charge in [-0.2, -0.15) is 5.10 Å². The molecule has 1 unspecified atom stereocenters. The van der Waals surface area contributed by atoms with E-state index in [0.717, 1.165) is 30.7 Å². The number of rotatable bonds is 1. The Morgan fingerprint density at radius 1 is 1.31 bits per heavy atom. The van der Waals surface area contributed by atoms with Crippen LogP contribution in [0, 0.1) is 12.8 Å². The molecule has 0 spiro atoms. The number of carbonyl (C=O) groups excluding carboxylic acids is 1. The normalized spacial score (nSPS) is 23.6. The molecule has 3 rings (SSSR count). The monoisotopic (exact) mass is 214 g/mol. The minimum Gasteiger partial charge on any atom is -0.272 e. The van der Waals surface area contributed by atoms with Crippen molar-refractivity contribution in [3.8, 4) is 0 Å². The van der Waals surface area contributed by atoms with Crippen molar-refractivity contribution in [3.63, 3.8) is 0 Å². The molecule has 82 valence electrons. The Bertz CT molecular complexity index is 461. The Balaban J connectivity index is 1.94. The van der Waals surface area contributed by atoms with Crippen molar-refractivity contribution < 1.29 is 4.79 Å². The summed E-state index contributed by atoms with van der Waals surface area (Å²) < 4.78 is 0. The first-order valence-corrected chi connectivity index (χ1v) is 5.74. The fourth-order valence-electron chi connectivity index (χ4n) is 2.41. The van der Waals surface area contributed by atoms with Crippen LogP contribution in [0.1, 0.15) is 24.8 Å². The molecule has 1 aromatic carbocycles. The number of hydrogen-bond donors (Lipinski definition) is 0. The molecule has 3 heteroatoms. The molecule has 1 saturated carbocycles. The topological polar surface area (TPSA) is 32.7 Å². The summed E-state index contributed by atoms with van der Waals surface area (Å²) in [6.45, 7) is 2.04. The van der Waals surface area contributed by atoms with Gasteiger partial charge in [0.1, 0.15) is 0 Å². The Hall–Kier alpha value is -1.64. The zero-order chi connectivity index (χ0) is 11.1. The predicted octanol–water partition coefficient (Wildman–Crippen LogP) is 2.50. The first-order chi connectivity index (χ1) is 7.75. The molecule has 0 N–H and O–H groups in total. The molecule has 0 bridgehead atoms. The maximum atomic E-state index is 12.1. The fraction of sp³-hybridized carbons (Fsp3) is 0.385. The molecule has 1 fully saturated rings. The number of amides is 1. The van der Waals surface area contributed by atoms with Gasteiger partial charge in [-0.3, -0.25) is 4.79 Å². The molecule has 3 nitrogen and oxygen atoms in total. The molecule has 16 heavy (non-hydrogen) atoms. The van der Waals surface area contributed by atoms with Crippen molar-refractivity contribution in [2.45, 2.75) is 26.2 Å². The molecular weight excluding hydrogens is 200 g/mol. The Morgan fingerprint density at radius 2 is 2.06 bits per heavy atom. The van der Waals surface area contributed by atoms with E-state index in [-0.39, 0.29) is 11.8 Å². The van der Waals surface area contributed by atoms with Crippen LogP contribution in [0.5, 0.6) is 0 Å². The minimum absolute atomic E-state index is 0.0707. The number of hydrogen-bond acceptors (Lipinski definition) is 2. The van der Waals surface area contributed by atoms with Gasteiger partial charge in [0.05, 0.1) is 17.3 Å². The fourth-order valence-corrected chi connectivity index (χ4v) is 2.41. The molecule has 1 heterocycles. The van der Waals surface area contributed by atoms with Gasteiger partial charge in [-0.25, -0.2) is 5.01 Å². The number of hydrazone groups is 1. The van der Waals surface area contributed by atoms with Crippen LogP contribution in [-0.4, -0.2) is 11.6 Å². The molecule has 1 amide bonds. The van der Waals surface area contributed by atoms with Gasteiger partial charge in [-0.15, -0.1) is 0 Å². The molecule has 0 aromatic heterocycles. The molecule has 0 radical (unpaired) electrons. The Morgan fingerprint density at radius 3 is 2.75 bits per heavy atom. The average molecular weight is 214 g/mol. The third-order valence-corrected chi connectivity index (χ3v) is 3.34. The van der Waals surface area contributed by atoms with Gasteiger partial charge >= 0.3 is 0 Å². The second-order valence-corrected chi connectivity index (χ2v) is 4.52. The van der Waals surface area contributed by atoms with E-state index < -0.39 is 0 Å². The van der Waals surface area contributed by atoms with Gasteiger partial charge in [-0.1, -0.05) is 17.7 Å². The first kappa shape index (κ1) is 9.58. The second kappa shape index (κ2) is 3.44. The summed E-state index contributed by atoms with van der Waals surface area (Å²) in [5.74, 6) is 0.220. The van der Waals surface area contributed by atoms with Crippen LogP contribution in [0.3, 0.4) is 0 Å². The van der Waals surface area contributed by atoms with Crippen LogP contribution < -0.4 is 5.01 Å². The highest BCUT2D eigenvalue weighted by Gasteiger charge is 2.39. The number of fused-ring (bicyclic) bond motifs is 1. The quantitative estimate of drug-likeness (QED) is 0.707. The molecule has 1 atom stereocenters. The SMILES string of the molecule is Cc1ccc(N2N=C3CCCC3C2=O)cc1. The summed E-state index contributed by atoms with van der Waals surface area (Å²) in [5, 5.41) is 6.00. The van der Waals surface area contributed by atoms with Crippen LogP contribution in [0.2, 0.25) is 0 Å². The number of aryl methyl sites for hydroxylation is 1. The van der Waals surface area contributed by atoms with Crippen LogP contribution in [0.4, 0.5) is 5.69 Å². The summed E-state index contributed by atoms with van der Waals surface area (Å²) in [7, 11) is 0. The van der Waals surface area contributed by atoms with E-state index in [0.29, 0.717) is 0 Å². The summed E-state index contributed by atoms with van der Waals surface area (Å²) in [5.41, 5.74) is 3.16. The zero-order valence-corrected chi connectivity index (χ0v) is 9.31. The summed E-state index contributed by atoms with van der Waals surface area (Å²) in [4.78, 5) is 12.1. The van der Waals surface area contributed by atoms with E-state index >= 15 is 0 Å². The minimum atomic E-state index is 0.0707. The van der Waals surface area contributed by atoms with Gasteiger partial charge in [0.25, 0.3) is 5.91 Å². The van der Waals surface area contributed by atoms with Gasteiger partial charge < -0.3 is 0 Å². The number of anilines is 1. The highest BCUT2D eigenvalue weighted by atomic mass is 16.2. The third kappa shape index (κ3) is 1.35. The molecule has 1 aliphatic carbocycles. The average Bonchev–Trinajstić information content (AvgIpc) is 2.84. The van der Waals surface area contributed by atoms with Gasteiger partial charge in [0.15, 0.2) is 0 Å². The van der Waals surface area contributed by atoms with E-state index in [4.69, 9.17) is 0 Å². The molecule has 2 aliphatic rings. The van der Waals surface area contributed by atoms with Crippen LogP contribution in [-0.2, 0) is 4.79 Å². The molecule has 1 aromatic rings. The molecular formula is C13H14N2O. The van der Waals surface area contributed by atoms with E-state index in [1.54, 1.807) is 5.01 Å². The maximum Gasteiger partial charge on any atom is 0.256 e. The summed E-state index contributed by atoms with van der Waals surface area (Å²) in [6.07, 6.45) is 3.07. The lowest BCUT2D eigenvalue weighted by molar-refractivity contribution is -0.119. The lowest BCUT2D eigenvalue weighted by Crippen LogP contribution is -2.25. The van der Waals surface area contributed by atoms with Crippen LogP contribution in [0.15, 0.2) is 29.4 Å². The van der Waals surface area contributed by atoms with E-state index in [1.165, 1.54) is 5.56 Å². The van der Waals surface area contributed by atoms with Crippen molar-refractivity contribution in [1.29, 1.82) is 0 Å². The largest absolute Gasteiger partial charge is 0.272 e. The van der Waals surface area contributed by atoms with Crippen molar-refractivity contribution >= 4 is 17.3 Å². The molecule has 0 saturated heterocycles. The number of benzene rings is 1. The number of nitrogens with zero attached hydrogens (tertiary/aromatic N) is 2. The van der Waals surface area contributed by atoms with E-state index in [9.17, 15) is 4.79 Å². The molecule has 1 aliphatic heterocycles. The van der Waals surface area contributed by atoms with Crippen LogP contribution >= 0.6 is 0 Å². The van der Waals surface area contributed by atoms with Crippen molar-refractivity contribution in [3.05, 3.63) is 29.8 Å². The lowest BCUT2D eigenvalue weighted by atomic mass is 10.1. The van der Waals surface area contributed by atoms with E-state index in [1.807, 2.05) is 31.2 Å². The van der Waals surface area contributed by atoms with E-state index in [2.05, 4.69) is 5.10 Å². The van der Waals surface area contributed by atoms with Gasteiger partial charge in [0, 0.05) is 0 Å². The smallest absolute Gasteiger partial charge is 0.256 e. The lowest BCUT2D eigenvalue weighted by Gasteiger charge is -2.13. The zero-order valence-electron chi connectivity index (χ0n) is 9.31. The summed E-state index contributed by atoms with van der Waals surface area (Å²) in [6, 6.07) is 7.93. The highest BCUT2D eigenvalue weighted by molar-refractivity contribution is 6.16. The highest BCUT2D eigenvalue weighted by Crippen LogP contribution is 2.32. The van der Waals surface area contributed by atoms with Crippen molar-refractivity contribution in [2.24, 2.45) is 11.0 Å².